The molecule has 1 unspecified atom stereocenters. The van der Waals surface area contributed by atoms with E-state index in [-0.39, 0.29) is 17.6 Å². The highest BCUT2D eigenvalue weighted by Crippen LogP contribution is 2.35. The zero-order chi connectivity index (χ0) is 31.6. The van der Waals surface area contributed by atoms with E-state index in [0.717, 1.165) is 78.1 Å². The SMILES string of the molecule is C=CC.CCN=C1NC=C/C1=C(/C)c1cnn(C(CC#N)C2CCN(c3ncnc(Nc4cc(F)ccc4F)c3C)CC2)c1. The number of aromatic nitrogens is 4. The molecule has 2 aliphatic rings. The van der Waals surface area contributed by atoms with Gasteiger partial charge in [-0.3, -0.25) is 9.67 Å². The molecule has 1 saturated heterocycles. The van der Waals surface area contributed by atoms with Gasteiger partial charge < -0.3 is 15.5 Å². The van der Waals surface area contributed by atoms with Gasteiger partial charge in [0.2, 0.25) is 0 Å². The van der Waals surface area contributed by atoms with Gasteiger partial charge in [-0.25, -0.2) is 18.7 Å². The number of rotatable bonds is 8. The van der Waals surface area contributed by atoms with E-state index < -0.39 is 11.6 Å². The summed E-state index contributed by atoms with van der Waals surface area (Å²) in [7, 11) is 0. The van der Waals surface area contributed by atoms with Crippen molar-refractivity contribution >= 4 is 28.7 Å². The number of nitrogens with zero attached hydrogens (tertiary/aromatic N) is 7. The number of anilines is 3. The first-order valence-corrected chi connectivity index (χ1v) is 14.8. The summed E-state index contributed by atoms with van der Waals surface area (Å²) in [5.74, 6) is 1.21. The first kappa shape index (κ1) is 32.1. The number of hydrogen-bond acceptors (Lipinski definition) is 7. The third kappa shape index (κ3) is 7.37. The molecular weight excluding hydrogens is 560 g/mol. The highest BCUT2D eigenvalue weighted by molar-refractivity contribution is 6.09. The molecule has 3 aromatic rings. The molecule has 1 fully saturated rings. The predicted octanol–water partition coefficient (Wildman–Crippen LogP) is 6.88. The number of nitrogens with one attached hydrogen (secondary N) is 2. The van der Waals surface area contributed by atoms with Crippen molar-refractivity contribution in [3.63, 3.8) is 0 Å². The van der Waals surface area contributed by atoms with Crippen LogP contribution in [0.3, 0.4) is 0 Å². The van der Waals surface area contributed by atoms with E-state index in [1.807, 2.05) is 50.1 Å². The van der Waals surface area contributed by atoms with Crippen molar-refractivity contribution in [3.05, 3.63) is 90.2 Å². The highest BCUT2D eigenvalue weighted by atomic mass is 19.1. The van der Waals surface area contributed by atoms with Crippen molar-refractivity contribution in [2.45, 2.75) is 53.0 Å². The maximum Gasteiger partial charge on any atom is 0.146 e. The van der Waals surface area contributed by atoms with Crippen molar-refractivity contribution in [1.82, 2.24) is 25.1 Å². The fraction of sp³-hybridized carbons (Fsp3) is 0.364. The minimum absolute atomic E-state index is 0.0226. The fourth-order valence-corrected chi connectivity index (χ4v) is 5.49. The van der Waals surface area contributed by atoms with E-state index in [1.165, 1.54) is 6.33 Å². The topological polar surface area (TPSA) is 107 Å². The standard InChI is InChI=1S/C30H33F2N9.C3H6/c1-4-34-29-24(8-12-35-29)19(2)22-16-38-41(17-22)27(7-11-33)21-9-13-40(14-10-21)30-20(3)28(36-18-37-30)39-26-15-23(31)5-6-25(26)32;1-3-2/h5-6,8,12,15-18,21,27H,4,7,9-10,13-14H2,1-3H3,(H,34,35)(H,36,37,39);3H,1H2,2H3/b24-19+;. The van der Waals surface area contributed by atoms with Gasteiger partial charge in [-0.2, -0.15) is 10.4 Å². The smallest absolute Gasteiger partial charge is 0.146 e. The molecule has 4 heterocycles. The molecule has 2 aromatic heterocycles. The number of allylic oxidation sites excluding steroid dienone is 2. The van der Waals surface area contributed by atoms with E-state index in [2.05, 4.69) is 55.2 Å². The molecule has 1 atom stereocenters. The number of halogens is 2. The number of hydrogen-bond donors (Lipinski definition) is 2. The second kappa shape index (κ2) is 15.0. The van der Waals surface area contributed by atoms with Gasteiger partial charge in [-0.15, -0.1) is 6.58 Å². The quantitative estimate of drug-likeness (QED) is 0.272. The van der Waals surface area contributed by atoms with Crippen molar-refractivity contribution in [2.24, 2.45) is 10.9 Å². The summed E-state index contributed by atoms with van der Waals surface area (Å²) in [6.07, 6.45) is 13.1. The van der Waals surface area contributed by atoms with Crippen LogP contribution < -0.4 is 15.5 Å². The van der Waals surface area contributed by atoms with Crippen molar-refractivity contribution < 1.29 is 8.78 Å². The first-order valence-electron chi connectivity index (χ1n) is 14.8. The summed E-state index contributed by atoms with van der Waals surface area (Å²) in [5, 5.41) is 20.4. The van der Waals surface area contributed by atoms with Crippen LogP contribution in [-0.2, 0) is 0 Å². The van der Waals surface area contributed by atoms with E-state index in [4.69, 9.17) is 0 Å². The van der Waals surface area contributed by atoms with Gasteiger partial charge in [-0.05, 0) is 70.2 Å². The first-order chi connectivity index (χ1) is 21.3. The zero-order valence-electron chi connectivity index (χ0n) is 25.7. The van der Waals surface area contributed by atoms with Gasteiger partial charge in [0.25, 0.3) is 0 Å². The maximum atomic E-state index is 14.2. The molecule has 1 aromatic carbocycles. The molecule has 0 radical (unpaired) electrons. The minimum Gasteiger partial charge on any atom is -0.356 e. The number of benzene rings is 1. The molecule has 230 valence electrons. The molecule has 2 N–H and O–H groups in total. The molecule has 44 heavy (non-hydrogen) atoms. The van der Waals surface area contributed by atoms with Crippen LogP contribution in [0.25, 0.3) is 5.57 Å². The van der Waals surface area contributed by atoms with E-state index in [1.54, 1.807) is 6.08 Å². The Hall–Kier alpha value is -4.85. The van der Waals surface area contributed by atoms with E-state index in [9.17, 15) is 14.0 Å². The molecule has 2 aliphatic heterocycles. The second-order valence-corrected chi connectivity index (χ2v) is 10.6. The van der Waals surface area contributed by atoms with Gasteiger partial charge >= 0.3 is 0 Å². The van der Waals surface area contributed by atoms with Crippen LogP contribution in [0.15, 0.2) is 72.4 Å². The maximum absolute atomic E-state index is 14.2. The van der Waals surface area contributed by atoms with Crippen LogP contribution in [0.2, 0.25) is 0 Å². The van der Waals surface area contributed by atoms with Gasteiger partial charge in [0, 0.05) is 54.8 Å². The van der Waals surface area contributed by atoms with E-state index in [0.29, 0.717) is 18.8 Å². The van der Waals surface area contributed by atoms with Crippen LogP contribution in [0.1, 0.15) is 57.2 Å². The lowest BCUT2D eigenvalue weighted by Crippen LogP contribution is -2.37. The van der Waals surface area contributed by atoms with Gasteiger partial charge in [-0.1, -0.05) is 6.08 Å². The number of aliphatic imine (C=N–C) groups is 1. The van der Waals surface area contributed by atoms with E-state index >= 15 is 0 Å². The lowest BCUT2D eigenvalue weighted by Gasteiger charge is -2.36. The molecule has 5 rings (SSSR count). The lowest BCUT2D eigenvalue weighted by molar-refractivity contribution is 0.260. The Balaban J connectivity index is 0.00000141. The largest absolute Gasteiger partial charge is 0.356 e. The summed E-state index contributed by atoms with van der Waals surface area (Å²) in [4.78, 5) is 15.5. The van der Waals surface area contributed by atoms with Crippen molar-refractivity contribution in [2.75, 3.05) is 29.9 Å². The molecule has 0 aliphatic carbocycles. The van der Waals surface area contributed by atoms with Crippen molar-refractivity contribution in [3.8, 4) is 6.07 Å². The fourth-order valence-electron chi connectivity index (χ4n) is 5.49. The molecule has 0 saturated carbocycles. The Bertz CT molecular complexity index is 1590. The summed E-state index contributed by atoms with van der Waals surface area (Å²) in [5.41, 5.74) is 3.91. The normalized spacial score (nSPS) is 17.4. The minimum atomic E-state index is -0.561. The van der Waals surface area contributed by atoms with Gasteiger partial charge in [0.1, 0.15) is 35.4 Å². The van der Waals surface area contributed by atoms with Crippen LogP contribution in [0, 0.1) is 35.8 Å². The molecular formula is C33H39F2N9. The number of piperidine rings is 1. The predicted molar refractivity (Wildman–Crippen MR) is 172 cm³/mol. The summed E-state index contributed by atoms with van der Waals surface area (Å²) in [6, 6.07) is 5.58. The zero-order valence-corrected chi connectivity index (χ0v) is 25.7. The molecule has 0 amide bonds. The summed E-state index contributed by atoms with van der Waals surface area (Å²) >= 11 is 0. The third-order valence-electron chi connectivity index (χ3n) is 7.74. The lowest BCUT2D eigenvalue weighted by atomic mass is 9.87. The summed E-state index contributed by atoms with van der Waals surface area (Å²) < 4.78 is 29.8. The highest BCUT2D eigenvalue weighted by Gasteiger charge is 2.30. The van der Waals surface area contributed by atoms with Crippen LogP contribution in [0.4, 0.5) is 26.1 Å². The average molecular weight is 600 g/mol. The molecule has 11 heteroatoms. The Labute approximate surface area is 257 Å². The molecule has 9 nitrogen and oxygen atoms in total. The number of nitriles is 1. The summed E-state index contributed by atoms with van der Waals surface area (Å²) in [6.45, 7) is 13.4. The van der Waals surface area contributed by atoms with Crippen LogP contribution in [0.5, 0.6) is 0 Å². The Morgan fingerprint density at radius 2 is 2.05 bits per heavy atom. The average Bonchev–Trinajstić information content (AvgIpc) is 3.70. The van der Waals surface area contributed by atoms with Gasteiger partial charge in [0.05, 0.1) is 30.4 Å². The second-order valence-electron chi connectivity index (χ2n) is 10.6. The van der Waals surface area contributed by atoms with Gasteiger partial charge in [0.15, 0.2) is 0 Å². The molecule has 0 spiro atoms. The van der Waals surface area contributed by atoms with Crippen LogP contribution in [-0.4, -0.2) is 45.2 Å². The Morgan fingerprint density at radius 3 is 2.75 bits per heavy atom. The van der Waals surface area contributed by atoms with Crippen molar-refractivity contribution in [1.29, 1.82) is 5.26 Å². The Morgan fingerprint density at radius 1 is 1.30 bits per heavy atom. The Kier molecular flexibility index (Phi) is 11.0. The number of amidine groups is 1. The monoisotopic (exact) mass is 599 g/mol. The molecule has 0 bridgehead atoms. The third-order valence-corrected chi connectivity index (χ3v) is 7.74. The van der Waals surface area contributed by atoms with Crippen LogP contribution >= 0.6 is 0 Å².